The van der Waals surface area contributed by atoms with E-state index in [4.69, 9.17) is 0 Å². The maximum Gasteiger partial charge on any atom is 0.274 e. The highest BCUT2D eigenvalue weighted by atomic mass is 19.1. The van der Waals surface area contributed by atoms with Gasteiger partial charge in [0.2, 0.25) is 0 Å². The molecule has 1 N–H and O–H groups in total. The van der Waals surface area contributed by atoms with Crippen LogP contribution in [0.4, 0.5) is 15.8 Å². The fourth-order valence-electron chi connectivity index (χ4n) is 1.03. The minimum Gasteiger partial charge on any atom is -0.388 e. The quantitative estimate of drug-likeness (QED) is 0.565. The molecule has 0 aliphatic carbocycles. The van der Waals surface area contributed by atoms with Crippen LogP contribution < -0.4 is 5.32 Å². The van der Waals surface area contributed by atoms with Crippen molar-refractivity contribution >= 4 is 11.4 Å². The van der Waals surface area contributed by atoms with E-state index in [1.54, 1.807) is 14.0 Å². The Bertz CT molecular complexity index is 352. The molecule has 0 atom stereocenters. The summed E-state index contributed by atoms with van der Waals surface area (Å²) in [6.07, 6.45) is 0. The third-order valence-corrected chi connectivity index (χ3v) is 1.81. The summed E-state index contributed by atoms with van der Waals surface area (Å²) in [6, 6.07) is 2.22. The molecule has 0 unspecified atom stereocenters. The van der Waals surface area contributed by atoms with Crippen LogP contribution in [-0.4, -0.2) is 12.0 Å². The molecule has 0 aliphatic rings. The smallest absolute Gasteiger partial charge is 0.274 e. The van der Waals surface area contributed by atoms with E-state index in [0.29, 0.717) is 11.3 Å². The Kier molecular flexibility index (Phi) is 2.46. The number of hydrogen-bond acceptors (Lipinski definition) is 3. The standard InChI is InChI=1S/C8H9FN2O2/c1-5-7(9)3-6(11(12)13)4-8(5)10-2/h3-4,10H,1-2H3. The minimum absolute atomic E-state index is 0.243. The number of nitro groups is 1. The van der Waals surface area contributed by atoms with E-state index in [9.17, 15) is 14.5 Å². The van der Waals surface area contributed by atoms with Crippen molar-refractivity contribution in [2.75, 3.05) is 12.4 Å². The number of nitrogens with one attached hydrogen (secondary N) is 1. The van der Waals surface area contributed by atoms with E-state index in [0.717, 1.165) is 6.07 Å². The van der Waals surface area contributed by atoms with E-state index < -0.39 is 10.7 Å². The molecular weight excluding hydrogens is 175 g/mol. The van der Waals surface area contributed by atoms with Crippen molar-refractivity contribution in [1.82, 2.24) is 0 Å². The maximum absolute atomic E-state index is 13.0. The highest BCUT2D eigenvalue weighted by Gasteiger charge is 2.12. The van der Waals surface area contributed by atoms with Crippen LogP contribution in [-0.2, 0) is 0 Å². The maximum atomic E-state index is 13.0. The van der Waals surface area contributed by atoms with Gasteiger partial charge in [0.05, 0.1) is 11.0 Å². The Morgan fingerprint density at radius 3 is 2.62 bits per heavy atom. The van der Waals surface area contributed by atoms with Crippen molar-refractivity contribution in [3.05, 3.63) is 33.6 Å². The van der Waals surface area contributed by atoms with Gasteiger partial charge in [-0.15, -0.1) is 0 Å². The third-order valence-electron chi connectivity index (χ3n) is 1.81. The van der Waals surface area contributed by atoms with Gasteiger partial charge in [0, 0.05) is 24.4 Å². The molecule has 0 fully saturated rings. The van der Waals surface area contributed by atoms with Crippen LogP contribution in [0.1, 0.15) is 5.56 Å². The Morgan fingerprint density at radius 1 is 1.54 bits per heavy atom. The predicted molar refractivity (Wildman–Crippen MR) is 47.3 cm³/mol. The van der Waals surface area contributed by atoms with Gasteiger partial charge >= 0.3 is 0 Å². The molecule has 13 heavy (non-hydrogen) atoms. The second kappa shape index (κ2) is 3.38. The second-order valence-electron chi connectivity index (χ2n) is 2.61. The lowest BCUT2D eigenvalue weighted by Gasteiger charge is -2.04. The Balaban J connectivity index is 3.30. The molecule has 0 bridgehead atoms. The minimum atomic E-state index is -0.622. The molecule has 0 saturated heterocycles. The van der Waals surface area contributed by atoms with Crippen molar-refractivity contribution < 1.29 is 9.31 Å². The van der Waals surface area contributed by atoms with Gasteiger partial charge < -0.3 is 5.32 Å². The summed E-state index contributed by atoms with van der Waals surface area (Å²) in [6.45, 7) is 1.56. The first-order valence-corrected chi connectivity index (χ1v) is 3.68. The molecule has 1 aromatic rings. The molecule has 0 saturated carbocycles. The van der Waals surface area contributed by atoms with Gasteiger partial charge in [0.1, 0.15) is 5.82 Å². The van der Waals surface area contributed by atoms with Crippen LogP contribution in [0.25, 0.3) is 0 Å². The molecule has 0 heterocycles. The Labute approximate surface area is 74.5 Å². The Morgan fingerprint density at radius 2 is 2.15 bits per heavy atom. The fraction of sp³-hybridized carbons (Fsp3) is 0.250. The SMILES string of the molecule is CNc1cc([N+](=O)[O-])cc(F)c1C. The number of non-ortho nitro benzene ring substituents is 1. The highest BCUT2D eigenvalue weighted by molar-refractivity contribution is 5.57. The van der Waals surface area contributed by atoms with Crippen LogP contribution in [0.5, 0.6) is 0 Å². The summed E-state index contributed by atoms with van der Waals surface area (Å²) in [5.74, 6) is -0.571. The summed E-state index contributed by atoms with van der Waals surface area (Å²) in [5, 5.41) is 13.0. The van der Waals surface area contributed by atoms with Crippen molar-refractivity contribution in [1.29, 1.82) is 0 Å². The summed E-state index contributed by atoms with van der Waals surface area (Å²) < 4.78 is 13.0. The number of nitro benzene ring substituents is 1. The number of hydrogen-bond donors (Lipinski definition) is 1. The van der Waals surface area contributed by atoms with Crippen molar-refractivity contribution in [3.63, 3.8) is 0 Å². The summed E-state index contributed by atoms with van der Waals surface area (Å²) in [7, 11) is 1.59. The fourth-order valence-corrected chi connectivity index (χ4v) is 1.03. The normalized spacial score (nSPS) is 9.77. The van der Waals surface area contributed by atoms with Gasteiger partial charge in [0.25, 0.3) is 5.69 Å². The summed E-state index contributed by atoms with van der Waals surface area (Å²) >= 11 is 0. The zero-order chi connectivity index (χ0) is 10.0. The number of anilines is 1. The van der Waals surface area contributed by atoms with Crippen LogP contribution in [0.2, 0.25) is 0 Å². The molecule has 0 spiro atoms. The highest BCUT2D eigenvalue weighted by Crippen LogP contribution is 2.24. The molecule has 1 aromatic carbocycles. The first-order chi connectivity index (χ1) is 6.06. The lowest BCUT2D eigenvalue weighted by Crippen LogP contribution is -1.97. The van der Waals surface area contributed by atoms with Crippen molar-refractivity contribution in [3.8, 4) is 0 Å². The topological polar surface area (TPSA) is 55.2 Å². The molecule has 5 heteroatoms. The number of rotatable bonds is 2. The van der Waals surface area contributed by atoms with Gasteiger partial charge in [-0.3, -0.25) is 10.1 Å². The first-order valence-electron chi connectivity index (χ1n) is 3.68. The third kappa shape index (κ3) is 1.74. The van der Waals surface area contributed by atoms with Crippen LogP contribution in [0, 0.1) is 22.9 Å². The van der Waals surface area contributed by atoms with E-state index in [2.05, 4.69) is 5.32 Å². The lowest BCUT2D eigenvalue weighted by molar-refractivity contribution is -0.385. The first kappa shape index (κ1) is 9.44. The predicted octanol–water partition coefficient (Wildman–Crippen LogP) is 2.08. The zero-order valence-electron chi connectivity index (χ0n) is 7.30. The number of benzene rings is 1. The van der Waals surface area contributed by atoms with Crippen LogP contribution in [0.15, 0.2) is 12.1 Å². The van der Waals surface area contributed by atoms with Crippen molar-refractivity contribution in [2.24, 2.45) is 0 Å². The molecule has 70 valence electrons. The molecule has 0 amide bonds. The van der Waals surface area contributed by atoms with Crippen molar-refractivity contribution in [2.45, 2.75) is 6.92 Å². The number of nitrogens with zero attached hydrogens (tertiary/aromatic N) is 1. The zero-order valence-corrected chi connectivity index (χ0v) is 7.30. The molecule has 0 radical (unpaired) electrons. The summed E-state index contributed by atoms with van der Waals surface area (Å²) in [4.78, 5) is 9.72. The number of halogens is 1. The van der Waals surface area contributed by atoms with Gasteiger partial charge in [-0.2, -0.15) is 0 Å². The van der Waals surface area contributed by atoms with Gasteiger partial charge in [-0.25, -0.2) is 4.39 Å². The second-order valence-corrected chi connectivity index (χ2v) is 2.61. The van der Waals surface area contributed by atoms with Gasteiger partial charge in [-0.05, 0) is 6.92 Å². The van der Waals surface area contributed by atoms with E-state index in [1.807, 2.05) is 0 Å². The monoisotopic (exact) mass is 184 g/mol. The molecular formula is C8H9FN2O2. The largest absolute Gasteiger partial charge is 0.388 e. The average Bonchev–Trinajstić information content (AvgIpc) is 2.09. The van der Waals surface area contributed by atoms with Gasteiger partial charge in [0.15, 0.2) is 0 Å². The van der Waals surface area contributed by atoms with Crippen LogP contribution in [0.3, 0.4) is 0 Å². The van der Waals surface area contributed by atoms with E-state index in [-0.39, 0.29) is 5.69 Å². The van der Waals surface area contributed by atoms with Gasteiger partial charge in [-0.1, -0.05) is 0 Å². The van der Waals surface area contributed by atoms with Crippen LogP contribution >= 0.6 is 0 Å². The lowest BCUT2D eigenvalue weighted by atomic mass is 10.1. The molecule has 1 rings (SSSR count). The Hall–Kier alpha value is -1.65. The van der Waals surface area contributed by atoms with E-state index >= 15 is 0 Å². The van der Waals surface area contributed by atoms with E-state index in [1.165, 1.54) is 6.07 Å². The molecule has 0 aliphatic heterocycles. The summed E-state index contributed by atoms with van der Waals surface area (Å²) in [5.41, 5.74) is 0.576. The molecule has 0 aromatic heterocycles. The average molecular weight is 184 g/mol. The molecule has 4 nitrogen and oxygen atoms in total.